The van der Waals surface area contributed by atoms with Crippen LogP contribution in [-0.2, 0) is 4.74 Å². The van der Waals surface area contributed by atoms with Crippen LogP contribution in [0, 0.1) is 11.7 Å². The lowest BCUT2D eigenvalue weighted by Gasteiger charge is -2.12. The minimum Gasteiger partial charge on any atom is -0.462 e. The van der Waals surface area contributed by atoms with Gasteiger partial charge in [0.15, 0.2) is 0 Å². The lowest BCUT2D eigenvalue weighted by Crippen LogP contribution is -2.13. The van der Waals surface area contributed by atoms with E-state index in [1.54, 1.807) is 0 Å². The number of rotatable bonds is 5. The van der Waals surface area contributed by atoms with Gasteiger partial charge in [-0.05, 0) is 24.1 Å². The predicted octanol–water partition coefficient (Wildman–Crippen LogP) is 3.71. The van der Waals surface area contributed by atoms with Crippen LogP contribution >= 0.6 is 12.6 Å². The molecule has 0 N–H and O–H groups in total. The van der Waals surface area contributed by atoms with Gasteiger partial charge in [-0.3, -0.25) is 0 Å². The Morgan fingerprint density at radius 1 is 1.41 bits per heavy atom. The summed E-state index contributed by atoms with van der Waals surface area (Å²) in [6, 6.07) is 4.01. The van der Waals surface area contributed by atoms with E-state index in [4.69, 9.17) is 4.74 Å². The first-order chi connectivity index (χ1) is 8.08. The summed E-state index contributed by atoms with van der Waals surface area (Å²) in [6.45, 7) is 4.53. The van der Waals surface area contributed by atoms with E-state index in [0.29, 0.717) is 18.1 Å². The summed E-state index contributed by atoms with van der Waals surface area (Å²) >= 11 is 3.92. The summed E-state index contributed by atoms with van der Waals surface area (Å²) in [4.78, 5) is 11.8. The van der Waals surface area contributed by atoms with Crippen molar-refractivity contribution in [2.24, 2.45) is 5.92 Å². The fourth-order valence-electron chi connectivity index (χ4n) is 1.44. The first-order valence-electron chi connectivity index (χ1n) is 5.74. The molecule has 0 heterocycles. The van der Waals surface area contributed by atoms with Crippen LogP contribution in [0.3, 0.4) is 0 Å². The van der Waals surface area contributed by atoms with E-state index >= 15 is 0 Å². The normalized spacial score (nSPS) is 10.6. The highest BCUT2D eigenvalue weighted by molar-refractivity contribution is 7.80. The van der Waals surface area contributed by atoms with Crippen LogP contribution in [0.5, 0.6) is 0 Å². The molecule has 4 heteroatoms. The van der Waals surface area contributed by atoms with E-state index < -0.39 is 11.8 Å². The third kappa shape index (κ3) is 4.04. The van der Waals surface area contributed by atoms with Crippen molar-refractivity contribution in [1.29, 1.82) is 0 Å². The molecule has 0 saturated carbocycles. The molecule has 17 heavy (non-hydrogen) atoms. The molecule has 0 unspecified atom stereocenters. The number of ether oxygens (including phenoxy) is 1. The maximum atomic E-state index is 13.0. The van der Waals surface area contributed by atoms with Gasteiger partial charge in [0.25, 0.3) is 0 Å². The van der Waals surface area contributed by atoms with Crippen molar-refractivity contribution >= 4 is 18.6 Å². The Bertz CT molecular complexity index is 389. The Kier molecular flexibility index (Phi) is 5.48. The maximum absolute atomic E-state index is 13.0. The third-order valence-electron chi connectivity index (χ3n) is 2.79. The molecule has 2 nitrogen and oxygen atoms in total. The summed E-state index contributed by atoms with van der Waals surface area (Å²) in [5, 5.41) is 0. The Balaban J connectivity index is 2.61. The number of esters is 1. The van der Waals surface area contributed by atoms with Gasteiger partial charge >= 0.3 is 5.97 Å². The van der Waals surface area contributed by atoms with E-state index in [9.17, 15) is 9.18 Å². The monoisotopic (exact) mass is 256 g/mol. The molecule has 0 aliphatic heterocycles. The molecule has 0 aliphatic carbocycles. The largest absolute Gasteiger partial charge is 0.462 e. The van der Waals surface area contributed by atoms with Crippen LogP contribution < -0.4 is 0 Å². The molecule has 0 fully saturated rings. The van der Waals surface area contributed by atoms with Crippen molar-refractivity contribution in [2.45, 2.75) is 31.6 Å². The quantitative estimate of drug-likeness (QED) is 0.642. The topological polar surface area (TPSA) is 26.3 Å². The predicted molar refractivity (Wildman–Crippen MR) is 68.0 cm³/mol. The highest BCUT2D eigenvalue weighted by Gasteiger charge is 2.12. The average molecular weight is 256 g/mol. The molecule has 0 bridgehead atoms. The standard InChI is InChI=1S/C13H17FO2S/c1-3-9(4-2)8-16-13(15)10-5-6-11(14)12(17)7-10/h5-7,9,17H,3-4,8H2,1-2H3. The third-order valence-corrected chi connectivity index (χ3v) is 3.13. The summed E-state index contributed by atoms with van der Waals surface area (Å²) in [7, 11) is 0. The van der Waals surface area contributed by atoms with Gasteiger partial charge < -0.3 is 4.74 Å². The molecule has 0 radical (unpaired) electrons. The second kappa shape index (κ2) is 6.64. The molecule has 1 rings (SSSR count). The molecule has 0 aromatic heterocycles. The van der Waals surface area contributed by atoms with E-state index in [0.717, 1.165) is 12.8 Å². The van der Waals surface area contributed by atoms with Gasteiger partial charge in [0.1, 0.15) is 5.82 Å². The molecule has 1 aromatic carbocycles. The van der Waals surface area contributed by atoms with Crippen molar-refractivity contribution in [2.75, 3.05) is 6.61 Å². The van der Waals surface area contributed by atoms with E-state index in [1.807, 2.05) is 0 Å². The minimum absolute atomic E-state index is 0.155. The summed E-state index contributed by atoms with van der Waals surface area (Å²) < 4.78 is 18.1. The number of benzene rings is 1. The number of carbonyl (C=O) groups excluding carboxylic acids is 1. The Hall–Kier alpha value is -1.03. The van der Waals surface area contributed by atoms with Crippen molar-refractivity contribution < 1.29 is 13.9 Å². The van der Waals surface area contributed by atoms with Crippen molar-refractivity contribution in [3.05, 3.63) is 29.6 Å². The first kappa shape index (κ1) is 14.0. The van der Waals surface area contributed by atoms with Gasteiger partial charge in [0, 0.05) is 4.90 Å². The number of carbonyl (C=O) groups is 1. The zero-order valence-corrected chi connectivity index (χ0v) is 11.0. The van der Waals surface area contributed by atoms with Gasteiger partial charge in [-0.25, -0.2) is 9.18 Å². The molecule has 0 atom stereocenters. The molecule has 0 amide bonds. The Morgan fingerprint density at radius 2 is 2.06 bits per heavy atom. The average Bonchev–Trinajstić information content (AvgIpc) is 2.33. The highest BCUT2D eigenvalue weighted by Crippen LogP contribution is 2.16. The minimum atomic E-state index is -0.440. The van der Waals surface area contributed by atoms with Crippen LogP contribution in [0.2, 0.25) is 0 Å². The molecule has 0 aliphatic rings. The van der Waals surface area contributed by atoms with Gasteiger partial charge in [-0.2, -0.15) is 0 Å². The number of hydrogen-bond acceptors (Lipinski definition) is 3. The van der Waals surface area contributed by atoms with Crippen LogP contribution in [0.1, 0.15) is 37.0 Å². The van der Waals surface area contributed by atoms with E-state index in [1.165, 1.54) is 18.2 Å². The van der Waals surface area contributed by atoms with E-state index in [-0.39, 0.29) is 4.90 Å². The van der Waals surface area contributed by atoms with Crippen molar-refractivity contribution in [3.8, 4) is 0 Å². The fourth-order valence-corrected chi connectivity index (χ4v) is 1.65. The van der Waals surface area contributed by atoms with Gasteiger partial charge in [-0.15, -0.1) is 12.6 Å². The Morgan fingerprint density at radius 3 is 2.59 bits per heavy atom. The first-order valence-corrected chi connectivity index (χ1v) is 6.18. The molecular formula is C13H17FO2S. The molecule has 0 spiro atoms. The summed E-state index contributed by atoms with van der Waals surface area (Å²) in [5.41, 5.74) is 0.336. The zero-order valence-electron chi connectivity index (χ0n) is 10.1. The highest BCUT2D eigenvalue weighted by atomic mass is 32.1. The number of thiol groups is 1. The molecular weight excluding hydrogens is 239 g/mol. The van der Waals surface area contributed by atoms with Crippen LogP contribution in [-0.4, -0.2) is 12.6 Å². The Labute approximate surface area is 107 Å². The van der Waals surface area contributed by atoms with Crippen molar-refractivity contribution in [1.82, 2.24) is 0 Å². The lowest BCUT2D eigenvalue weighted by atomic mass is 10.1. The smallest absolute Gasteiger partial charge is 0.338 e. The summed E-state index contributed by atoms with van der Waals surface area (Å²) in [5.74, 6) is -0.480. The van der Waals surface area contributed by atoms with Crippen LogP contribution in [0.15, 0.2) is 23.1 Å². The summed E-state index contributed by atoms with van der Waals surface area (Å²) in [6.07, 6.45) is 1.95. The van der Waals surface area contributed by atoms with Crippen LogP contribution in [0.25, 0.3) is 0 Å². The molecule has 0 saturated heterocycles. The van der Waals surface area contributed by atoms with Crippen LogP contribution in [0.4, 0.5) is 4.39 Å². The SMILES string of the molecule is CCC(CC)COC(=O)c1ccc(F)c(S)c1. The lowest BCUT2D eigenvalue weighted by molar-refractivity contribution is 0.0433. The van der Waals surface area contributed by atoms with E-state index in [2.05, 4.69) is 26.5 Å². The molecule has 1 aromatic rings. The van der Waals surface area contributed by atoms with Gasteiger partial charge in [-0.1, -0.05) is 26.7 Å². The molecule has 94 valence electrons. The number of halogens is 1. The zero-order chi connectivity index (χ0) is 12.8. The second-order valence-electron chi connectivity index (χ2n) is 3.95. The van der Waals surface area contributed by atoms with Gasteiger partial charge in [0.05, 0.1) is 12.2 Å². The second-order valence-corrected chi connectivity index (χ2v) is 4.43. The number of hydrogen-bond donors (Lipinski definition) is 1. The van der Waals surface area contributed by atoms with Crippen molar-refractivity contribution in [3.63, 3.8) is 0 Å². The fraction of sp³-hybridized carbons (Fsp3) is 0.462. The van der Waals surface area contributed by atoms with Gasteiger partial charge in [0.2, 0.25) is 0 Å². The maximum Gasteiger partial charge on any atom is 0.338 e.